The minimum Gasteiger partial charge on any atom is -0.376 e. The average molecular weight is 375 g/mol. The molecule has 7 nitrogen and oxygen atoms in total. The quantitative estimate of drug-likeness (QED) is 0.749. The van der Waals surface area contributed by atoms with E-state index in [2.05, 4.69) is 34.7 Å². The third-order valence-corrected chi connectivity index (χ3v) is 5.47. The highest BCUT2D eigenvalue weighted by atomic mass is 32.2. The van der Waals surface area contributed by atoms with Crippen molar-refractivity contribution in [3.63, 3.8) is 0 Å². The molecule has 1 N–H and O–H groups in total. The van der Waals surface area contributed by atoms with Crippen molar-refractivity contribution in [1.82, 2.24) is 20.2 Å². The normalized spacial score (nSPS) is 18.2. The van der Waals surface area contributed by atoms with Crippen molar-refractivity contribution in [2.24, 2.45) is 0 Å². The van der Waals surface area contributed by atoms with Crippen LogP contribution in [0.2, 0.25) is 0 Å². The summed E-state index contributed by atoms with van der Waals surface area (Å²) in [6.45, 7) is 7.57. The summed E-state index contributed by atoms with van der Waals surface area (Å²) >= 11 is 1.35. The lowest BCUT2D eigenvalue weighted by Gasteiger charge is -2.14. The molecule has 1 aliphatic rings. The highest BCUT2D eigenvalue weighted by Gasteiger charge is 2.22. The van der Waals surface area contributed by atoms with Gasteiger partial charge in [0.1, 0.15) is 0 Å². The van der Waals surface area contributed by atoms with E-state index in [0.29, 0.717) is 17.6 Å². The first kappa shape index (κ1) is 18.8. The van der Waals surface area contributed by atoms with Crippen LogP contribution in [0.4, 0.5) is 5.69 Å². The summed E-state index contributed by atoms with van der Waals surface area (Å²) < 4.78 is 7.36. The number of nitrogens with one attached hydrogen (secondary N) is 1. The molecule has 1 aliphatic heterocycles. The van der Waals surface area contributed by atoms with E-state index in [1.807, 2.05) is 31.2 Å². The number of rotatable bonds is 7. The molecule has 0 radical (unpaired) electrons. The molecular formula is C18H25N5O2S. The van der Waals surface area contributed by atoms with Crippen LogP contribution in [-0.4, -0.2) is 44.1 Å². The van der Waals surface area contributed by atoms with Gasteiger partial charge in [0, 0.05) is 12.3 Å². The van der Waals surface area contributed by atoms with E-state index in [4.69, 9.17) is 4.74 Å². The SMILES string of the molecule is CC(Sc1nnnn1CC1CCCO1)C(=O)Nc1ccc(C(C)C)cc1. The number of amides is 1. The van der Waals surface area contributed by atoms with E-state index in [-0.39, 0.29) is 17.3 Å². The predicted octanol–water partition coefficient (Wildman–Crippen LogP) is 3.09. The molecule has 0 saturated carbocycles. The Kier molecular flexibility index (Phi) is 6.26. The first-order valence-corrected chi connectivity index (χ1v) is 9.86. The van der Waals surface area contributed by atoms with Crippen LogP contribution in [0.15, 0.2) is 29.4 Å². The predicted molar refractivity (Wildman–Crippen MR) is 101 cm³/mol. The molecule has 1 amide bonds. The standard InChI is InChI=1S/C18H25N5O2S/c1-12(2)14-6-8-15(9-7-14)19-17(24)13(3)26-18-20-21-22-23(18)11-16-5-4-10-25-16/h6-9,12-13,16H,4-5,10-11H2,1-3H3,(H,19,24). The lowest BCUT2D eigenvalue weighted by Crippen LogP contribution is -2.23. The molecule has 140 valence electrons. The van der Waals surface area contributed by atoms with Crippen molar-refractivity contribution >= 4 is 23.4 Å². The smallest absolute Gasteiger partial charge is 0.237 e. The number of benzene rings is 1. The highest BCUT2D eigenvalue weighted by Crippen LogP contribution is 2.24. The number of thioether (sulfide) groups is 1. The molecular weight excluding hydrogens is 350 g/mol. The second-order valence-electron chi connectivity index (χ2n) is 6.80. The Labute approximate surface area is 157 Å². The molecule has 2 atom stereocenters. The molecule has 0 bridgehead atoms. The molecule has 1 aromatic carbocycles. The minimum absolute atomic E-state index is 0.0704. The first-order valence-electron chi connectivity index (χ1n) is 8.98. The highest BCUT2D eigenvalue weighted by molar-refractivity contribution is 8.00. The summed E-state index contributed by atoms with van der Waals surface area (Å²) in [4.78, 5) is 12.5. The summed E-state index contributed by atoms with van der Waals surface area (Å²) in [5, 5.41) is 15.1. The van der Waals surface area contributed by atoms with Crippen LogP contribution in [0.25, 0.3) is 0 Å². The molecule has 2 aromatic rings. The number of anilines is 1. The maximum Gasteiger partial charge on any atom is 0.237 e. The van der Waals surface area contributed by atoms with Gasteiger partial charge in [-0.2, -0.15) is 0 Å². The molecule has 1 aromatic heterocycles. The van der Waals surface area contributed by atoms with Crippen LogP contribution < -0.4 is 5.32 Å². The van der Waals surface area contributed by atoms with E-state index < -0.39 is 0 Å². The molecule has 26 heavy (non-hydrogen) atoms. The zero-order valence-corrected chi connectivity index (χ0v) is 16.2. The lowest BCUT2D eigenvalue weighted by atomic mass is 10.0. The van der Waals surface area contributed by atoms with Gasteiger partial charge in [0.25, 0.3) is 0 Å². The first-order chi connectivity index (χ1) is 12.5. The van der Waals surface area contributed by atoms with E-state index in [9.17, 15) is 4.79 Å². The van der Waals surface area contributed by atoms with Crippen molar-refractivity contribution in [3.8, 4) is 0 Å². The number of aromatic nitrogens is 4. The number of hydrogen-bond donors (Lipinski definition) is 1. The Morgan fingerprint density at radius 3 is 2.77 bits per heavy atom. The summed E-state index contributed by atoms with van der Waals surface area (Å²) in [7, 11) is 0. The lowest BCUT2D eigenvalue weighted by molar-refractivity contribution is -0.115. The third kappa shape index (κ3) is 4.82. The zero-order chi connectivity index (χ0) is 18.5. The Balaban J connectivity index is 1.56. The monoisotopic (exact) mass is 375 g/mol. The van der Waals surface area contributed by atoms with Crippen LogP contribution in [0, 0.1) is 0 Å². The molecule has 2 unspecified atom stereocenters. The van der Waals surface area contributed by atoms with Gasteiger partial charge in [-0.25, -0.2) is 4.68 Å². The van der Waals surface area contributed by atoms with Crippen LogP contribution in [-0.2, 0) is 16.1 Å². The van der Waals surface area contributed by atoms with Crippen molar-refractivity contribution < 1.29 is 9.53 Å². The van der Waals surface area contributed by atoms with Crippen molar-refractivity contribution in [2.75, 3.05) is 11.9 Å². The number of nitrogens with zero attached hydrogens (tertiary/aromatic N) is 4. The van der Waals surface area contributed by atoms with Crippen molar-refractivity contribution in [1.29, 1.82) is 0 Å². The number of carbonyl (C=O) groups is 1. The van der Waals surface area contributed by atoms with Crippen LogP contribution in [0.1, 0.15) is 45.1 Å². The van der Waals surface area contributed by atoms with Crippen LogP contribution in [0.5, 0.6) is 0 Å². The van der Waals surface area contributed by atoms with Gasteiger partial charge in [-0.15, -0.1) is 5.10 Å². The van der Waals surface area contributed by atoms with Gasteiger partial charge >= 0.3 is 0 Å². The second kappa shape index (κ2) is 8.64. The topological polar surface area (TPSA) is 81.9 Å². The third-order valence-electron chi connectivity index (χ3n) is 4.40. The largest absolute Gasteiger partial charge is 0.376 e. The van der Waals surface area contributed by atoms with Crippen molar-refractivity contribution in [3.05, 3.63) is 29.8 Å². The Morgan fingerprint density at radius 1 is 1.35 bits per heavy atom. The Morgan fingerprint density at radius 2 is 2.12 bits per heavy atom. The zero-order valence-electron chi connectivity index (χ0n) is 15.4. The van der Waals surface area contributed by atoms with Crippen LogP contribution >= 0.6 is 11.8 Å². The Hall–Kier alpha value is -1.93. The van der Waals surface area contributed by atoms with Crippen molar-refractivity contribution in [2.45, 2.75) is 62.6 Å². The number of carbonyl (C=O) groups excluding carboxylic acids is 1. The fourth-order valence-corrected chi connectivity index (χ4v) is 3.58. The van der Waals surface area contributed by atoms with E-state index in [1.165, 1.54) is 17.3 Å². The average Bonchev–Trinajstić information content (AvgIpc) is 3.28. The maximum absolute atomic E-state index is 12.5. The summed E-state index contributed by atoms with van der Waals surface area (Å²) in [6.07, 6.45) is 2.25. The summed E-state index contributed by atoms with van der Waals surface area (Å²) in [5.74, 6) is 0.399. The van der Waals surface area contributed by atoms with E-state index in [1.54, 1.807) is 4.68 Å². The van der Waals surface area contributed by atoms with Gasteiger partial charge in [-0.1, -0.05) is 37.7 Å². The minimum atomic E-state index is -0.311. The van der Waals surface area contributed by atoms with E-state index >= 15 is 0 Å². The number of hydrogen-bond acceptors (Lipinski definition) is 6. The molecule has 3 rings (SSSR count). The molecule has 1 saturated heterocycles. The molecule has 1 fully saturated rings. The maximum atomic E-state index is 12.5. The van der Waals surface area contributed by atoms with E-state index in [0.717, 1.165) is 25.1 Å². The molecule has 0 spiro atoms. The van der Waals surface area contributed by atoms with Gasteiger partial charge in [0.2, 0.25) is 11.1 Å². The Bertz CT molecular complexity index is 725. The summed E-state index contributed by atoms with van der Waals surface area (Å²) in [6, 6.07) is 7.96. The van der Waals surface area contributed by atoms with Gasteiger partial charge in [-0.05, 0) is 53.8 Å². The van der Waals surface area contributed by atoms with Gasteiger partial charge < -0.3 is 10.1 Å². The fraction of sp³-hybridized carbons (Fsp3) is 0.556. The molecule has 8 heteroatoms. The molecule has 2 heterocycles. The summed E-state index contributed by atoms with van der Waals surface area (Å²) in [5.41, 5.74) is 2.05. The molecule has 0 aliphatic carbocycles. The van der Waals surface area contributed by atoms with Gasteiger partial charge in [0.15, 0.2) is 0 Å². The number of tetrazole rings is 1. The fourth-order valence-electron chi connectivity index (χ4n) is 2.78. The second-order valence-corrected chi connectivity index (χ2v) is 8.11. The van der Waals surface area contributed by atoms with Gasteiger partial charge in [0.05, 0.1) is 17.9 Å². The number of ether oxygens (including phenoxy) is 1. The van der Waals surface area contributed by atoms with Gasteiger partial charge in [-0.3, -0.25) is 4.79 Å². The van der Waals surface area contributed by atoms with Crippen LogP contribution in [0.3, 0.4) is 0 Å².